The van der Waals surface area contributed by atoms with Gasteiger partial charge in [-0.15, -0.1) is 0 Å². The lowest BCUT2D eigenvalue weighted by Crippen LogP contribution is -2.30. The fourth-order valence-electron chi connectivity index (χ4n) is 2.34. The summed E-state index contributed by atoms with van der Waals surface area (Å²) < 4.78 is 5.74. The number of ether oxygens (including phenoxy) is 1. The molecule has 25 heavy (non-hydrogen) atoms. The fourth-order valence-corrected chi connectivity index (χ4v) is 2.34. The Morgan fingerprint density at radius 1 is 1.20 bits per heavy atom. The third kappa shape index (κ3) is 4.90. The van der Waals surface area contributed by atoms with Crippen LogP contribution in [0.3, 0.4) is 0 Å². The van der Waals surface area contributed by atoms with Gasteiger partial charge in [-0.3, -0.25) is 4.79 Å². The third-order valence-corrected chi connectivity index (χ3v) is 3.79. The zero-order valence-corrected chi connectivity index (χ0v) is 14.8. The van der Waals surface area contributed by atoms with Crippen molar-refractivity contribution in [2.45, 2.75) is 45.4 Å². The van der Waals surface area contributed by atoms with Crippen molar-refractivity contribution < 1.29 is 9.53 Å². The standard InChI is InChI=1S/C19H24N4O2/c1-3-5-11-21-18(24)14(13-20)17-19(25-12-6-4-2)23-16-10-8-7-9-15(16)22-17/h7-10,14H,3-6,11-12H2,1-2H3,(H,21,24)/t14-/m0/s1. The fraction of sp³-hybridized carbons (Fsp3) is 0.474. The summed E-state index contributed by atoms with van der Waals surface area (Å²) in [5.41, 5.74) is 1.61. The van der Waals surface area contributed by atoms with Crippen LogP contribution in [0.4, 0.5) is 0 Å². The minimum Gasteiger partial charge on any atom is -0.476 e. The molecule has 132 valence electrons. The number of benzene rings is 1. The molecule has 0 aliphatic rings. The summed E-state index contributed by atoms with van der Waals surface area (Å²) in [5.74, 6) is -1.13. The second-order valence-corrected chi connectivity index (χ2v) is 5.81. The van der Waals surface area contributed by atoms with E-state index < -0.39 is 5.92 Å². The van der Waals surface area contributed by atoms with Gasteiger partial charge in [0.1, 0.15) is 5.69 Å². The van der Waals surface area contributed by atoms with Crippen molar-refractivity contribution in [2.75, 3.05) is 13.2 Å². The zero-order chi connectivity index (χ0) is 18.1. The summed E-state index contributed by atoms with van der Waals surface area (Å²) in [7, 11) is 0. The summed E-state index contributed by atoms with van der Waals surface area (Å²) in [5, 5.41) is 12.3. The quantitative estimate of drug-likeness (QED) is 0.707. The largest absolute Gasteiger partial charge is 0.476 e. The summed E-state index contributed by atoms with van der Waals surface area (Å²) >= 11 is 0. The summed E-state index contributed by atoms with van der Waals surface area (Å²) in [6.45, 7) is 5.13. The van der Waals surface area contributed by atoms with Crippen molar-refractivity contribution >= 4 is 16.9 Å². The minimum atomic E-state index is -1.04. The van der Waals surface area contributed by atoms with Crippen LogP contribution in [-0.2, 0) is 4.79 Å². The van der Waals surface area contributed by atoms with E-state index in [1.54, 1.807) is 0 Å². The number of carbonyl (C=O) groups is 1. The molecule has 1 aromatic heterocycles. The van der Waals surface area contributed by atoms with Gasteiger partial charge in [0.2, 0.25) is 11.8 Å². The first-order valence-corrected chi connectivity index (χ1v) is 8.78. The Hall–Kier alpha value is -2.68. The molecule has 1 heterocycles. The molecule has 0 radical (unpaired) electrons. The number of amides is 1. The summed E-state index contributed by atoms with van der Waals surface area (Å²) in [6, 6.07) is 9.41. The van der Waals surface area contributed by atoms with Crippen molar-refractivity contribution in [3.05, 3.63) is 30.0 Å². The molecule has 0 aliphatic heterocycles. The molecule has 0 saturated carbocycles. The number of hydrogen-bond donors (Lipinski definition) is 1. The first kappa shape index (κ1) is 18.7. The first-order chi connectivity index (χ1) is 12.2. The van der Waals surface area contributed by atoms with Crippen LogP contribution in [0.15, 0.2) is 24.3 Å². The number of fused-ring (bicyclic) bond motifs is 1. The average molecular weight is 340 g/mol. The summed E-state index contributed by atoms with van der Waals surface area (Å²) in [6.07, 6.45) is 3.69. The van der Waals surface area contributed by atoms with E-state index in [1.807, 2.05) is 37.3 Å². The van der Waals surface area contributed by atoms with Gasteiger partial charge < -0.3 is 10.1 Å². The van der Waals surface area contributed by atoms with Gasteiger partial charge in [-0.25, -0.2) is 9.97 Å². The van der Waals surface area contributed by atoms with E-state index in [0.717, 1.165) is 25.7 Å². The Morgan fingerprint density at radius 3 is 2.52 bits per heavy atom. The number of nitrogens with zero attached hydrogens (tertiary/aromatic N) is 3. The van der Waals surface area contributed by atoms with Gasteiger partial charge in [-0.1, -0.05) is 38.8 Å². The number of unbranched alkanes of at least 4 members (excludes halogenated alkanes) is 2. The maximum atomic E-state index is 12.4. The van der Waals surface area contributed by atoms with E-state index in [4.69, 9.17) is 4.74 Å². The normalized spacial score (nSPS) is 11.7. The SMILES string of the molecule is CCCCNC(=O)[C@@H](C#N)c1nc2ccccc2nc1OCCCC. The van der Waals surface area contributed by atoms with Crippen LogP contribution in [-0.4, -0.2) is 29.0 Å². The highest BCUT2D eigenvalue weighted by Gasteiger charge is 2.27. The molecule has 1 N–H and O–H groups in total. The van der Waals surface area contributed by atoms with Crippen molar-refractivity contribution in [3.8, 4) is 11.9 Å². The van der Waals surface area contributed by atoms with E-state index in [-0.39, 0.29) is 17.5 Å². The maximum absolute atomic E-state index is 12.4. The number of aromatic nitrogens is 2. The number of rotatable bonds is 9. The van der Waals surface area contributed by atoms with Gasteiger partial charge >= 0.3 is 0 Å². The lowest BCUT2D eigenvalue weighted by Gasteiger charge is -2.14. The molecular formula is C19H24N4O2. The highest BCUT2D eigenvalue weighted by molar-refractivity contribution is 5.87. The monoisotopic (exact) mass is 340 g/mol. The van der Waals surface area contributed by atoms with Crippen LogP contribution >= 0.6 is 0 Å². The number of carbonyl (C=O) groups excluding carboxylic acids is 1. The highest BCUT2D eigenvalue weighted by atomic mass is 16.5. The molecule has 0 aliphatic carbocycles. The Labute approximate surface area is 148 Å². The molecule has 1 amide bonds. The minimum absolute atomic E-state index is 0.268. The second kappa shape index (κ2) is 9.58. The molecule has 1 aromatic carbocycles. The molecule has 2 aromatic rings. The van der Waals surface area contributed by atoms with Gasteiger partial charge in [0.15, 0.2) is 5.92 Å². The van der Waals surface area contributed by atoms with Crippen LogP contribution in [0, 0.1) is 11.3 Å². The number of para-hydroxylation sites is 2. The van der Waals surface area contributed by atoms with Crippen LogP contribution in [0.5, 0.6) is 5.88 Å². The molecular weight excluding hydrogens is 316 g/mol. The Bertz CT molecular complexity index is 755. The van der Waals surface area contributed by atoms with E-state index in [0.29, 0.717) is 24.2 Å². The van der Waals surface area contributed by atoms with E-state index in [9.17, 15) is 10.1 Å². The predicted octanol–water partition coefficient (Wildman–Crippen LogP) is 3.33. The van der Waals surface area contributed by atoms with Gasteiger partial charge in [0.05, 0.1) is 23.7 Å². The molecule has 6 heteroatoms. The van der Waals surface area contributed by atoms with Crippen molar-refractivity contribution in [1.29, 1.82) is 5.26 Å². The topological polar surface area (TPSA) is 87.9 Å². The van der Waals surface area contributed by atoms with E-state index >= 15 is 0 Å². The van der Waals surface area contributed by atoms with Crippen LogP contribution in [0.1, 0.15) is 51.1 Å². The predicted molar refractivity (Wildman–Crippen MR) is 96.2 cm³/mol. The molecule has 0 fully saturated rings. The van der Waals surface area contributed by atoms with E-state index in [2.05, 4.69) is 22.2 Å². The van der Waals surface area contributed by atoms with Gasteiger partial charge in [-0.2, -0.15) is 5.26 Å². The third-order valence-electron chi connectivity index (χ3n) is 3.79. The Morgan fingerprint density at radius 2 is 1.88 bits per heavy atom. The van der Waals surface area contributed by atoms with Crippen molar-refractivity contribution in [3.63, 3.8) is 0 Å². The lowest BCUT2D eigenvalue weighted by atomic mass is 10.1. The van der Waals surface area contributed by atoms with Crippen LogP contribution < -0.4 is 10.1 Å². The molecule has 0 unspecified atom stereocenters. The van der Waals surface area contributed by atoms with Gasteiger partial charge in [0, 0.05) is 6.54 Å². The molecule has 1 atom stereocenters. The lowest BCUT2D eigenvalue weighted by molar-refractivity contribution is -0.121. The Kier molecular flexibility index (Phi) is 7.15. The van der Waals surface area contributed by atoms with Crippen molar-refractivity contribution in [2.24, 2.45) is 0 Å². The van der Waals surface area contributed by atoms with Gasteiger partial charge in [0.25, 0.3) is 0 Å². The van der Waals surface area contributed by atoms with Crippen LogP contribution in [0.2, 0.25) is 0 Å². The molecule has 0 bridgehead atoms. The first-order valence-electron chi connectivity index (χ1n) is 8.78. The molecule has 2 rings (SSSR count). The van der Waals surface area contributed by atoms with Gasteiger partial charge in [-0.05, 0) is 25.0 Å². The zero-order valence-electron chi connectivity index (χ0n) is 14.8. The summed E-state index contributed by atoms with van der Waals surface area (Å²) in [4.78, 5) is 21.4. The smallest absolute Gasteiger partial charge is 0.243 e. The van der Waals surface area contributed by atoms with Crippen molar-refractivity contribution in [1.82, 2.24) is 15.3 Å². The molecule has 6 nitrogen and oxygen atoms in total. The average Bonchev–Trinajstić information content (AvgIpc) is 2.63. The van der Waals surface area contributed by atoms with Crippen LogP contribution in [0.25, 0.3) is 11.0 Å². The maximum Gasteiger partial charge on any atom is 0.243 e. The van der Waals surface area contributed by atoms with E-state index in [1.165, 1.54) is 0 Å². The highest BCUT2D eigenvalue weighted by Crippen LogP contribution is 2.26. The number of nitriles is 1. The second-order valence-electron chi connectivity index (χ2n) is 5.81. The Balaban J connectivity index is 2.35. The molecule has 0 saturated heterocycles. The number of hydrogen-bond acceptors (Lipinski definition) is 5. The molecule has 0 spiro atoms. The number of nitrogens with one attached hydrogen (secondary N) is 1.